The van der Waals surface area contributed by atoms with Crippen LogP contribution >= 0.6 is 11.8 Å². The number of aryl methyl sites for hydroxylation is 1. The molecule has 0 aliphatic carbocycles. The van der Waals surface area contributed by atoms with Crippen LogP contribution in [0.2, 0.25) is 0 Å². The number of rotatable bonds is 6. The second-order valence-electron chi connectivity index (χ2n) is 6.54. The summed E-state index contributed by atoms with van der Waals surface area (Å²) >= 11 is 1.53. The van der Waals surface area contributed by atoms with Crippen molar-refractivity contribution in [1.82, 2.24) is 24.1 Å². The van der Waals surface area contributed by atoms with Crippen LogP contribution < -0.4 is 10.3 Å². The second-order valence-corrected chi connectivity index (χ2v) is 7.48. The molecule has 0 unspecified atom stereocenters. The average Bonchev–Trinajstić information content (AvgIpc) is 3.16. The summed E-state index contributed by atoms with van der Waals surface area (Å²) in [7, 11) is 1.65. The van der Waals surface area contributed by atoms with Crippen molar-refractivity contribution in [2.75, 3.05) is 7.11 Å². The van der Waals surface area contributed by atoms with Gasteiger partial charge in [-0.1, -0.05) is 17.8 Å². The van der Waals surface area contributed by atoms with Gasteiger partial charge in [0.25, 0.3) is 5.56 Å². The van der Waals surface area contributed by atoms with Crippen molar-refractivity contribution in [2.24, 2.45) is 0 Å². The fourth-order valence-electron chi connectivity index (χ4n) is 3.16. The maximum Gasteiger partial charge on any atom is 0.258 e. The molecule has 0 N–H and O–H groups in total. The predicted octanol–water partition coefficient (Wildman–Crippen LogP) is 3.58. The molecule has 0 amide bonds. The van der Waals surface area contributed by atoms with Crippen molar-refractivity contribution < 1.29 is 4.74 Å². The molecule has 0 fully saturated rings. The van der Waals surface area contributed by atoms with Gasteiger partial charge in [0.2, 0.25) is 0 Å². The number of aromatic nitrogens is 5. The zero-order chi connectivity index (χ0) is 20.4. The van der Waals surface area contributed by atoms with Crippen LogP contribution in [0.4, 0.5) is 0 Å². The van der Waals surface area contributed by atoms with Crippen molar-refractivity contribution in [3.05, 3.63) is 70.3 Å². The lowest BCUT2D eigenvalue weighted by atomic mass is 10.2. The Morgan fingerprint density at radius 2 is 1.93 bits per heavy atom. The number of hydrogen-bond donors (Lipinski definition) is 0. The average molecular weight is 407 g/mol. The number of thioether (sulfide) groups is 1. The highest BCUT2D eigenvalue weighted by Crippen LogP contribution is 2.27. The van der Waals surface area contributed by atoms with Gasteiger partial charge in [0, 0.05) is 30.1 Å². The van der Waals surface area contributed by atoms with Crippen LogP contribution in [0.25, 0.3) is 17.0 Å². The molecular weight excluding hydrogens is 386 g/mol. The quantitative estimate of drug-likeness (QED) is 0.455. The lowest BCUT2D eigenvalue weighted by Gasteiger charge is -2.08. The van der Waals surface area contributed by atoms with Gasteiger partial charge in [-0.2, -0.15) is 0 Å². The van der Waals surface area contributed by atoms with E-state index in [-0.39, 0.29) is 5.56 Å². The van der Waals surface area contributed by atoms with Crippen molar-refractivity contribution in [2.45, 2.75) is 31.3 Å². The highest BCUT2D eigenvalue weighted by molar-refractivity contribution is 7.98. The molecule has 4 aromatic rings. The Morgan fingerprint density at radius 1 is 1.14 bits per heavy atom. The third-order valence-electron chi connectivity index (χ3n) is 4.67. The molecule has 0 bridgehead atoms. The number of hydrogen-bond acceptors (Lipinski definition) is 6. The summed E-state index contributed by atoms with van der Waals surface area (Å²) in [5.74, 6) is 2.15. The highest BCUT2D eigenvalue weighted by atomic mass is 32.2. The van der Waals surface area contributed by atoms with E-state index in [9.17, 15) is 4.79 Å². The van der Waals surface area contributed by atoms with Gasteiger partial charge < -0.3 is 9.30 Å². The molecule has 7 nitrogen and oxygen atoms in total. The Bertz CT molecular complexity index is 1210. The van der Waals surface area contributed by atoms with Crippen molar-refractivity contribution in [3.63, 3.8) is 0 Å². The monoisotopic (exact) mass is 407 g/mol. The SMILES string of the molecule is CCn1c(SCc2cc(=O)n3cccc(C)c3n2)nnc1-c1ccc(OC)cc1. The summed E-state index contributed by atoms with van der Waals surface area (Å²) in [6.45, 7) is 4.75. The van der Waals surface area contributed by atoms with E-state index in [2.05, 4.69) is 26.7 Å². The molecule has 4 rings (SSSR count). The fraction of sp³-hybridized carbons (Fsp3) is 0.238. The maximum atomic E-state index is 12.4. The van der Waals surface area contributed by atoms with Gasteiger partial charge in [-0.05, 0) is 49.7 Å². The second kappa shape index (κ2) is 8.08. The Hall–Kier alpha value is -3.13. The van der Waals surface area contributed by atoms with Crippen LogP contribution in [0.5, 0.6) is 5.75 Å². The normalized spacial score (nSPS) is 11.1. The molecule has 0 radical (unpaired) electrons. The molecule has 0 aliphatic heterocycles. The molecule has 0 atom stereocenters. The number of benzene rings is 1. The molecular formula is C21H21N5O2S. The summed E-state index contributed by atoms with van der Waals surface area (Å²) in [5, 5.41) is 9.52. The third kappa shape index (κ3) is 3.75. The molecule has 8 heteroatoms. The zero-order valence-corrected chi connectivity index (χ0v) is 17.3. The summed E-state index contributed by atoms with van der Waals surface area (Å²) in [6.07, 6.45) is 1.74. The topological polar surface area (TPSA) is 74.3 Å². The van der Waals surface area contributed by atoms with Gasteiger partial charge >= 0.3 is 0 Å². The number of methoxy groups -OCH3 is 1. The molecule has 0 saturated carbocycles. The number of pyridine rings is 1. The Morgan fingerprint density at radius 3 is 2.66 bits per heavy atom. The predicted molar refractivity (Wildman–Crippen MR) is 113 cm³/mol. The molecule has 0 spiro atoms. The smallest absolute Gasteiger partial charge is 0.258 e. The molecule has 3 heterocycles. The number of fused-ring (bicyclic) bond motifs is 1. The van der Waals surface area contributed by atoms with Crippen LogP contribution in [0.3, 0.4) is 0 Å². The van der Waals surface area contributed by atoms with E-state index in [1.165, 1.54) is 11.8 Å². The minimum atomic E-state index is -0.0785. The zero-order valence-electron chi connectivity index (χ0n) is 16.5. The first-order chi connectivity index (χ1) is 14.1. The summed E-state index contributed by atoms with van der Waals surface area (Å²) in [6, 6.07) is 13.1. The van der Waals surface area contributed by atoms with Crippen LogP contribution in [0.15, 0.2) is 58.6 Å². The Balaban J connectivity index is 1.60. The Labute approximate surface area is 172 Å². The highest BCUT2D eigenvalue weighted by Gasteiger charge is 2.14. The lowest BCUT2D eigenvalue weighted by Crippen LogP contribution is -2.15. The minimum Gasteiger partial charge on any atom is -0.497 e. The minimum absolute atomic E-state index is 0.0785. The van der Waals surface area contributed by atoms with Crippen molar-refractivity contribution >= 4 is 17.4 Å². The van der Waals surface area contributed by atoms with Crippen molar-refractivity contribution in [3.8, 4) is 17.1 Å². The first kappa shape index (κ1) is 19.2. The van der Waals surface area contributed by atoms with Gasteiger partial charge in [-0.25, -0.2) is 4.98 Å². The molecule has 1 aromatic carbocycles. The van der Waals surface area contributed by atoms with Crippen molar-refractivity contribution in [1.29, 1.82) is 0 Å². The molecule has 0 saturated heterocycles. The lowest BCUT2D eigenvalue weighted by molar-refractivity contribution is 0.415. The summed E-state index contributed by atoms with van der Waals surface area (Å²) in [4.78, 5) is 17.1. The van der Waals surface area contributed by atoms with Crippen LogP contribution in [-0.2, 0) is 12.3 Å². The number of nitrogens with zero attached hydrogens (tertiary/aromatic N) is 5. The van der Waals surface area contributed by atoms with E-state index in [0.29, 0.717) is 11.4 Å². The van der Waals surface area contributed by atoms with E-state index in [1.807, 2.05) is 43.3 Å². The first-order valence-electron chi connectivity index (χ1n) is 9.29. The van der Waals surface area contributed by atoms with Crippen LogP contribution in [0, 0.1) is 6.92 Å². The summed E-state index contributed by atoms with van der Waals surface area (Å²) < 4.78 is 8.85. The largest absolute Gasteiger partial charge is 0.497 e. The van der Waals surface area contributed by atoms with E-state index < -0.39 is 0 Å². The maximum absolute atomic E-state index is 12.4. The standard InChI is InChI=1S/C21H21N5O2S/c1-4-25-20(15-7-9-17(28-3)10-8-15)23-24-21(25)29-13-16-12-18(27)26-11-5-6-14(2)19(26)22-16/h5-12H,4,13H2,1-3H3. The van der Waals surface area contributed by atoms with Gasteiger partial charge in [-0.3, -0.25) is 9.20 Å². The third-order valence-corrected chi connectivity index (χ3v) is 5.67. The molecule has 3 aromatic heterocycles. The molecule has 29 heavy (non-hydrogen) atoms. The van der Waals surface area contributed by atoms with E-state index in [0.717, 1.165) is 40.1 Å². The molecule has 0 aliphatic rings. The van der Waals surface area contributed by atoms with Gasteiger partial charge in [0.15, 0.2) is 11.0 Å². The van der Waals surface area contributed by atoms with E-state index in [1.54, 1.807) is 23.8 Å². The van der Waals surface area contributed by atoms with Crippen LogP contribution in [0.1, 0.15) is 18.2 Å². The van der Waals surface area contributed by atoms with Crippen LogP contribution in [-0.4, -0.2) is 31.3 Å². The van der Waals surface area contributed by atoms with Gasteiger partial charge in [-0.15, -0.1) is 10.2 Å². The van der Waals surface area contributed by atoms with Gasteiger partial charge in [0.05, 0.1) is 12.8 Å². The van der Waals surface area contributed by atoms with E-state index in [4.69, 9.17) is 4.74 Å². The Kier molecular flexibility index (Phi) is 5.35. The van der Waals surface area contributed by atoms with Gasteiger partial charge in [0.1, 0.15) is 11.4 Å². The van der Waals surface area contributed by atoms with E-state index >= 15 is 0 Å². The summed E-state index contributed by atoms with van der Waals surface area (Å²) in [5.41, 5.74) is 3.28. The first-order valence-corrected chi connectivity index (χ1v) is 10.3. The number of ether oxygens (including phenoxy) is 1. The fourth-order valence-corrected chi connectivity index (χ4v) is 4.05. The molecule has 148 valence electrons.